The van der Waals surface area contributed by atoms with Gasteiger partial charge in [-0.1, -0.05) is 0 Å². The second-order valence-electron chi connectivity index (χ2n) is 4.60. The van der Waals surface area contributed by atoms with Crippen LogP contribution in [0.2, 0.25) is 0 Å². The molecule has 1 aliphatic heterocycles. The molecule has 0 bridgehead atoms. The second-order valence-corrected chi connectivity index (χ2v) is 6.59. The first-order chi connectivity index (χ1) is 7.83. The molecule has 2 rings (SSSR count). The van der Waals surface area contributed by atoms with Crippen molar-refractivity contribution >= 4 is 10.0 Å². The molecule has 1 atom stereocenters. The van der Waals surface area contributed by atoms with Crippen molar-refractivity contribution in [2.24, 2.45) is 0 Å². The minimum Gasteiger partial charge on any atom is -0.366 e. The number of hydrogen-bond acceptors (Lipinski definition) is 4. The molecule has 1 aliphatic rings. The molecule has 96 valence electrons. The smallest absolute Gasteiger partial charge is 0.211 e. The number of aryl methyl sites for hydroxylation is 1. The van der Waals surface area contributed by atoms with Gasteiger partial charge in [0, 0.05) is 13.1 Å². The van der Waals surface area contributed by atoms with Crippen LogP contribution in [0.4, 0.5) is 0 Å². The highest BCUT2D eigenvalue weighted by Gasteiger charge is 2.39. The quantitative estimate of drug-likeness (QED) is 0.824. The molecule has 2 heterocycles. The molecule has 17 heavy (non-hydrogen) atoms. The Bertz CT molecular complexity index is 511. The van der Waals surface area contributed by atoms with Crippen molar-refractivity contribution in [1.82, 2.24) is 14.5 Å². The van der Waals surface area contributed by atoms with Gasteiger partial charge in [-0.25, -0.2) is 8.42 Å². The minimum atomic E-state index is -3.18. The van der Waals surface area contributed by atoms with Gasteiger partial charge in [0.15, 0.2) is 0 Å². The number of aromatic amines is 1. The van der Waals surface area contributed by atoms with Crippen LogP contribution in [0.25, 0.3) is 0 Å². The van der Waals surface area contributed by atoms with E-state index in [-0.39, 0.29) is 0 Å². The number of hydrogen-bond donors (Lipinski definition) is 1. The predicted octanol–water partition coefficient (Wildman–Crippen LogP) is 0.225. The molecule has 1 saturated heterocycles. The fourth-order valence-electron chi connectivity index (χ4n) is 2.15. The summed E-state index contributed by atoms with van der Waals surface area (Å²) in [4.78, 5) is 0. The molecule has 0 aliphatic carbocycles. The molecule has 6 nitrogen and oxygen atoms in total. The third-order valence-corrected chi connectivity index (χ3v) is 4.32. The lowest BCUT2D eigenvalue weighted by atomic mass is 9.98. The van der Waals surface area contributed by atoms with Gasteiger partial charge in [0.1, 0.15) is 5.60 Å². The third kappa shape index (κ3) is 2.36. The molecular formula is C10H17N3O3S. The van der Waals surface area contributed by atoms with E-state index in [0.29, 0.717) is 19.7 Å². The maximum absolute atomic E-state index is 11.6. The largest absolute Gasteiger partial charge is 0.366 e. The average Bonchev–Trinajstić information content (AvgIpc) is 2.64. The lowest BCUT2D eigenvalue weighted by Gasteiger charge is -2.38. The molecule has 1 N–H and O–H groups in total. The summed E-state index contributed by atoms with van der Waals surface area (Å²) < 4.78 is 30.3. The number of H-pyrrole nitrogens is 1. The molecule has 0 amide bonds. The van der Waals surface area contributed by atoms with Crippen molar-refractivity contribution in [3.63, 3.8) is 0 Å². The van der Waals surface area contributed by atoms with E-state index in [1.54, 1.807) is 6.20 Å². The Kier molecular flexibility index (Phi) is 3.01. The average molecular weight is 259 g/mol. The summed E-state index contributed by atoms with van der Waals surface area (Å²) in [6.07, 6.45) is 2.93. The molecule has 1 fully saturated rings. The number of sulfonamides is 1. The van der Waals surface area contributed by atoms with Crippen LogP contribution in [0.5, 0.6) is 0 Å². The predicted molar refractivity (Wildman–Crippen MR) is 63.0 cm³/mol. The van der Waals surface area contributed by atoms with Gasteiger partial charge in [-0.05, 0) is 19.4 Å². The molecular weight excluding hydrogens is 242 g/mol. The van der Waals surface area contributed by atoms with Crippen LogP contribution in [-0.4, -0.2) is 48.9 Å². The summed E-state index contributed by atoms with van der Waals surface area (Å²) in [7, 11) is -3.18. The Morgan fingerprint density at radius 3 is 2.82 bits per heavy atom. The first-order valence-electron chi connectivity index (χ1n) is 5.42. The Labute approximate surface area is 101 Å². The highest BCUT2D eigenvalue weighted by molar-refractivity contribution is 7.88. The second kappa shape index (κ2) is 4.08. The zero-order valence-electron chi connectivity index (χ0n) is 10.2. The van der Waals surface area contributed by atoms with E-state index in [1.807, 2.05) is 13.8 Å². The summed E-state index contributed by atoms with van der Waals surface area (Å²) >= 11 is 0. The van der Waals surface area contributed by atoms with Crippen LogP contribution in [0.1, 0.15) is 18.2 Å². The highest BCUT2D eigenvalue weighted by Crippen LogP contribution is 2.30. The van der Waals surface area contributed by atoms with Crippen LogP contribution < -0.4 is 0 Å². The van der Waals surface area contributed by atoms with Gasteiger partial charge in [0.25, 0.3) is 0 Å². The number of nitrogens with zero attached hydrogens (tertiary/aromatic N) is 2. The van der Waals surface area contributed by atoms with Gasteiger partial charge >= 0.3 is 0 Å². The number of rotatable bonds is 2. The van der Waals surface area contributed by atoms with Crippen molar-refractivity contribution in [3.05, 3.63) is 17.5 Å². The molecule has 7 heteroatoms. The van der Waals surface area contributed by atoms with Crippen LogP contribution in [0.15, 0.2) is 6.20 Å². The lowest BCUT2D eigenvalue weighted by Crippen LogP contribution is -2.50. The first-order valence-corrected chi connectivity index (χ1v) is 7.27. The zero-order chi connectivity index (χ0) is 12.7. The van der Waals surface area contributed by atoms with E-state index >= 15 is 0 Å². The molecule has 1 aromatic rings. The Hall–Kier alpha value is -0.920. The standard InChI is InChI=1S/C10H17N3O3S/c1-8-6-11-12-9(8)10(2)7-13(4-5-16-10)17(3,14)15/h6H,4-5,7H2,1-3H3,(H,11,12). The monoisotopic (exact) mass is 259 g/mol. The van der Waals surface area contributed by atoms with Gasteiger partial charge in [0.05, 0.1) is 24.8 Å². The van der Waals surface area contributed by atoms with Gasteiger partial charge in [-0.15, -0.1) is 0 Å². The van der Waals surface area contributed by atoms with E-state index < -0.39 is 15.6 Å². The van der Waals surface area contributed by atoms with Crippen LogP contribution in [-0.2, 0) is 20.4 Å². The minimum absolute atomic E-state index is 0.314. The Balaban J connectivity index is 2.30. The van der Waals surface area contributed by atoms with Gasteiger partial charge in [-0.3, -0.25) is 5.10 Å². The van der Waals surface area contributed by atoms with Crippen LogP contribution >= 0.6 is 0 Å². The van der Waals surface area contributed by atoms with E-state index in [4.69, 9.17) is 4.74 Å². The Morgan fingerprint density at radius 2 is 2.29 bits per heavy atom. The summed E-state index contributed by atoms with van der Waals surface area (Å²) in [5.74, 6) is 0. The van der Waals surface area contributed by atoms with Crippen LogP contribution in [0, 0.1) is 6.92 Å². The van der Waals surface area contributed by atoms with E-state index in [9.17, 15) is 8.42 Å². The van der Waals surface area contributed by atoms with Gasteiger partial charge in [-0.2, -0.15) is 9.40 Å². The number of ether oxygens (including phenoxy) is 1. The van der Waals surface area contributed by atoms with Crippen molar-refractivity contribution in [2.45, 2.75) is 19.4 Å². The topological polar surface area (TPSA) is 75.3 Å². The van der Waals surface area contributed by atoms with Gasteiger partial charge < -0.3 is 4.74 Å². The normalized spacial score (nSPS) is 27.2. The van der Waals surface area contributed by atoms with Crippen molar-refractivity contribution in [3.8, 4) is 0 Å². The summed E-state index contributed by atoms with van der Waals surface area (Å²) in [5.41, 5.74) is 1.16. The maximum atomic E-state index is 11.6. The van der Waals surface area contributed by atoms with E-state index in [1.165, 1.54) is 10.6 Å². The first kappa shape index (κ1) is 12.5. The summed E-state index contributed by atoms with van der Waals surface area (Å²) in [5, 5.41) is 6.85. The molecule has 0 aromatic carbocycles. The number of aromatic nitrogens is 2. The molecule has 0 spiro atoms. The third-order valence-electron chi connectivity index (χ3n) is 3.07. The van der Waals surface area contributed by atoms with Crippen molar-refractivity contribution in [2.75, 3.05) is 26.0 Å². The molecule has 0 radical (unpaired) electrons. The zero-order valence-corrected chi connectivity index (χ0v) is 11.0. The molecule has 1 unspecified atom stereocenters. The molecule has 1 aromatic heterocycles. The SMILES string of the molecule is Cc1cn[nH]c1C1(C)CN(S(C)(=O)=O)CCO1. The molecule has 0 saturated carbocycles. The van der Waals surface area contributed by atoms with E-state index in [2.05, 4.69) is 10.2 Å². The fourth-order valence-corrected chi connectivity index (χ4v) is 3.04. The maximum Gasteiger partial charge on any atom is 0.211 e. The van der Waals surface area contributed by atoms with Gasteiger partial charge in [0.2, 0.25) is 10.0 Å². The Morgan fingerprint density at radius 1 is 1.59 bits per heavy atom. The summed E-state index contributed by atoms with van der Waals surface area (Å²) in [6.45, 7) is 4.91. The highest BCUT2D eigenvalue weighted by atomic mass is 32.2. The number of nitrogens with one attached hydrogen (secondary N) is 1. The van der Waals surface area contributed by atoms with Crippen LogP contribution in [0.3, 0.4) is 0 Å². The lowest BCUT2D eigenvalue weighted by molar-refractivity contribution is -0.0848. The number of morpholine rings is 1. The van der Waals surface area contributed by atoms with E-state index in [0.717, 1.165) is 11.3 Å². The fraction of sp³-hybridized carbons (Fsp3) is 0.700. The van der Waals surface area contributed by atoms with Crippen molar-refractivity contribution in [1.29, 1.82) is 0 Å². The van der Waals surface area contributed by atoms with Crippen molar-refractivity contribution < 1.29 is 13.2 Å². The summed E-state index contributed by atoms with van der Waals surface area (Å²) in [6, 6.07) is 0.